The molecule has 2 aromatic heterocycles. The van der Waals surface area contributed by atoms with Crippen LogP contribution in [0.15, 0.2) is 35.2 Å². The van der Waals surface area contributed by atoms with E-state index in [-0.39, 0.29) is 0 Å². The number of rotatable bonds is 3. The number of nitrogens with two attached hydrogens (primary N) is 1. The van der Waals surface area contributed by atoms with E-state index in [2.05, 4.69) is 4.98 Å². The average Bonchev–Trinajstić information content (AvgIpc) is 2.77. The molecule has 0 aromatic carbocycles. The molecule has 0 fully saturated rings. The molecule has 0 aliphatic carbocycles. The van der Waals surface area contributed by atoms with Gasteiger partial charge in [0, 0.05) is 17.3 Å². The first-order valence-corrected chi connectivity index (χ1v) is 4.61. The fraction of sp³-hybridized carbons (Fsp3) is 0.182. The largest absolute Gasteiger partial charge is 0.495 e. The van der Waals surface area contributed by atoms with Crippen molar-refractivity contribution in [2.75, 3.05) is 7.11 Å². The van der Waals surface area contributed by atoms with Crippen LogP contribution in [0.25, 0.3) is 11.1 Å². The Kier molecular flexibility index (Phi) is 2.69. The van der Waals surface area contributed by atoms with E-state index in [1.807, 2.05) is 12.1 Å². The average molecular weight is 204 g/mol. The van der Waals surface area contributed by atoms with Crippen molar-refractivity contribution in [1.82, 2.24) is 4.98 Å². The van der Waals surface area contributed by atoms with Crippen LogP contribution in [0.5, 0.6) is 5.75 Å². The van der Waals surface area contributed by atoms with Crippen LogP contribution in [0.3, 0.4) is 0 Å². The molecule has 78 valence electrons. The standard InChI is InChI=1S/C11H12N2O2/c1-14-9-4-8(6-13-7-9)10-2-3-15-11(10)5-12/h2-4,6-7H,5,12H2,1H3. The molecule has 0 saturated carbocycles. The summed E-state index contributed by atoms with van der Waals surface area (Å²) in [7, 11) is 1.61. The van der Waals surface area contributed by atoms with Crippen LogP contribution in [-0.4, -0.2) is 12.1 Å². The number of hydrogen-bond donors (Lipinski definition) is 1. The normalized spacial score (nSPS) is 10.3. The van der Waals surface area contributed by atoms with Crippen molar-refractivity contribution in [3.8, 4) is 16.9 Å². The van der Waals surface area contributed by atoms with Crippen molar-refractivity contribution in [2.24, 2.45) is 5.73 Å². The van der Waals surface area contributed by atoms with Gasteiger partial charge in [0.25, 0.3) is 0 Å². The number of ether oxygens (including phenoxy) is 1. The van der Waals surface area contributed by atoms with Crippen LogP contribution in [0.4, 0.5) is 0 Å². The molecule has 0 bridgehead atoms. The monoisotopic (exact) mass is 204 g/mol. The Labute approximate surface area is 87.7 Å². The molecule has 4 nitrogen and oxygen atoms in total. The molecule has 2 rings (SSSR count). The summed E-state index contributed by atoms with van der Waals surface area (Å²) in [6, 6.07) is 3.77. The van der Waals surface area contributed by atoms with Crippen molar-refractivity contribution in [3.05, 3.63) is 36.5 Å². The Bertz CT molecular complexity index is 451. The quantitative estimate of drug-likeness (QED) is 0.828. The van der Waals surface area contributed by atoms with Gasteiger partial charge in [-0.1, -0.05) is 0 Å². The summed E-state index contributed by atoms with van der Waals surface area (Å²) in [5, 5.41) is 0. The summed E-state index contributed by atoms with van der Waals surface area (Å²) < 4.78 is 10.4. The number of pyridine rings is 1. The van der Waals surface area contributed by atoms with Gasteiger partial charge < -0.3 is 14.9 Å². The molecule has 4 heteroatoms. The molecule has 2 heterocycles. The fourth-order valence-corrected chi connectivity index (χ4v) is 1.43. The highest BCUT2D eigenvalue weighted by Gasteiger charge is 2.07. The second-order valence-electron chi connectivity index (χ2n) is 3.08. The first-order chi connectivity index (χ1) is 7.35. The van der Waals surface area contributed by atoms with Gasteiger partial charge in [0.05, 0.1) is 26.1 Å². The zero-order chi connectivity index (χ0) is 10.7. The summed E-state index contributed by atoms with van der Waals surface area (Å²) in [4.78, 5) is 4.08. The highest BCUT2D eigenvalue weighted by Crippen LogP contribution is 2.26. The van der Waals surface area contributed by atoms with E-state index in [1.54, 1.807) is 25.8 Å². The first kappa shape index (κ1) is 9.73. The lowest BCUT2D eigenvalue weighted by molar-refractivity contribution is 0.413. The van der Waals surface area contributed by atoms with E-state index in [0.29, 0.717) is 6.54 Å². The summed E-state index contributed by atoms with van der Waals surface area (Å²) in [6.07, 6.45) is 5.04. The topological polar surface area (TPSA) is 61.3 Å². The van der Waals surface area contributed by atoms with Crippen molar-refractivity contribution < 1.29 is 9.15 Å². The molecular weight excluding hydrogens is 192 g/mol. The second kappa shape index (κ2) is 4.14. The number of nitrogens with zero attached hydrogens (tertiary/aromatic N) is 1. The van der Waals surface area contributed by atoms with Crippen LogP contribution >= 0.6 is 0 Å². The van der Waals surface area contributed by atoms with E-state index in [1.165, 1.54) is 0 Å². The van der Waals surface area contributed by atoms with Gasteiger partial charge >= 0.3 is 0 Å². The molecule has 0 aliphatic rings. The molecule has 0 aliphatic heterocycles. The Morgan fingerprint density at radius 2 is 2.33 bits per heavy atom. The molecular formula is C11H12N2O2. The number of furan rings is 1. The van der Waals surface area contributed by atoms with Crippen LogP contribution < -0.4 is 10.5 Å². The molecule has 2 N–H and O–H groups in total. The molecule has 2 aromatic rings. The zero-order valence-electron chi connectivity index (χ0n) is 8.43. The van der Waals surface area contributed by atoms with Crippen molar-refractivity contribution >= 4 is 0 Å². The predicted octanol–water partition coefficient (Wildman–Crippen LogP) is 1.81. The van der Waals surface area contributed by atoms with Gasteiger partial charge in [0.15, 0.2) is 0 Å². The van der Waals surface area contributed by atoms with E-state index in [4.69, 9.17) is 14.9 Å². The Morgan fingerprint density at radius 3 is 3.07 bits per heavy atom. The minimum absolute atomic E-state index is 0.375. The van der Waals surface area contributed by atoms with Gasteiger partial charge in [0.1, 0.15) is 11.5 Å². The third-order valence-corrected chi connectivity index (χ3v) is 2.19. The van der Waals surface area contributed by atoms with E-state index >= 15 is 0 Å². The highest BCUT2D eigenvalue weighted by atomic mass is 16.5. The second-order valence-corrected chi connectivity index (χ2v) is 3.08. The highest BCUT2D eigenvalue weighted by molar-refractivity contribution is 5.65. The van der Waals surface area contributed by atoms with Crippen molar-refractivity contribution in [1.29, 1.82) is 0 Å². The van der Waals surface area contributed by atoms with Crippen LogP contribution in [-0.2, 0) is 6.54 Å². The lowest BCUT2D eigenvalue weighted by Gasteiger charge is -2.03. The summed E-state index contributed by atoms with van der Waals surface area (Å²) in [5.41, 5.74) is 7.47. The molecule has 0 atom stereocenters. The minimum Gasteiger partial charge on any atom is -0.495 e. The Hall–Kier alpha value is -1.81. The van der Waals surface area contributed by atoms with Crippen LogP contribution in [0.1, 0.15) is 5.76 Å². The van der Waals surface area contributed by atoms with Crippen LogP contribution in [0.2, 0.25) is 0 Å². The SMILES string of the molecule is COc1cncc(-c2ccoc2CN)c1. The summed E-state index contributed by atoms with van der Waals surface area (Å²) in [6.45, 7) is 0.375. The fourth-order valence-electron chi connectivity index (χ4n) is 1.43. The molecule has 0 amide bonds. The van der Waals surface area contributed by atoms with Gasteiger partial charge in [-0.3, -0.25) is 4.98 Å². The van der Waals surface area contributed by atoms with Gasteiger partial charge in [-0.05, 0) is 12.1 Å². The van der Waals surface area contributed by atoms with Gasteiger partial charge in [-0.25, -0.2) is 0 Å². The van der Waals surface area contributed by atoms with E-state index in [0.717, 1.165) is 22.6 Å². The maximum absolute atomic E-state index is 5.56. The number of hydrogen-bond acceptors (Lipinski definition) is 4. The summed E-state index contributed by atoms with van der Waals surface area (Å²) in [5.74, 6) is 1.47. The molecule has 0 radical (unpaired) electrons. The Morgan fingerprint density at radius 1 is 1.47 bits per heavy atom. The third kappa shape index (κ3) is 1.85. The van der Waals surface area contributed by atoms with Gasteiger partial charge in [-0.15, -0.1) is 0 Å². The molecule has 0 saturated heterocycles. The van der Waals surface area contributed by atoms with Gasteiger partial charge in [-0.2, -0.15) is 0 Å². The van der Waals surface area contributed by atoms with Crippen molar-refractivity contribution in [3.63, 3.8) is 0 Å². The van der Waals surface area contributed by atoms with Crippen LogP contribution in [0, 0.1) is 0 Å². The predicted molar refractivity (Wildman–Crippen MR) is 56.4 cm³/mol. The third-order valence-electron chi connectivity index (χ3n) is 2.19. The molecule has 0 unspecified atom stereocenters. The van der Waals surface area contributed by atoms with Crippen molar-refractivity contribution in [2.45, 2.75) is 6.54 Å². The zero-order valence-corrected chi connectivity index (χ0v) is 8.43. The minimum atomic E-state index is 0.375. The lowest BCUT2D eigenvalue weighted by Crippen LogP contribution is -1.96. The first-order valence-electron chi connectivity index (χ1n) is 4.61. The number of methoxy groups -OCH3 is 1. The van der Waals surface area contributed by atoms with E-state index in [9.17, 15) is 0 Å². The smallest absolute Gasteiger partial charge is 0.137 e. The molecule has 15 heavy (non-hydrogen) atoms. The maximum atomic E-state index is 5.56. The van der Waals surface area contributed by atoms with E-state index < -0.39 is 0 Å². The maximum Gasteiger partial charge on any atom is 0.137 e. The summed E-state index contributed by atoms with van der Waals surface area (Å²) >= 11 is 0. The molecule has 0 spiro atoms. The lowest BCUT2D eigenvalue weighted by atomic mass is 10.1. The Balaban J connectivity index is 2.44. The number of aromatic nitrogens is 1. The van der Waals surface area contributed by atoms with Gasteiger partial charge in [0.2, 0.25) is 0 Å².